The molecule has 0 radical (unpaired) electrons. The average molecular weight is 553 g/mol. The second-order valence-corrected chi connectivity index (χ2v) is 9.47. The number of methoxy groups -OCH3 is 3. The third-order valence-electron chi connectivity index (χ3n) is 5.91. The number of nitrogens with zero attached hydrogens (tertiary/aromatic N) is 4. The van der Waals surface area contributed by atoms with Crippen molar-refractivity contribution in [3.05, 3.63) is 60.4 Å². The quantitative estimate of drug-likeness (QED) is 0.215. The third-order valence-corrected chi connectivity index (χ3v) is 6.65. The van der Waals surface area contributed by atoms with Gasteiger partial charge in [-0.3, -0.25) is 0 Å². The van der Waals surface area contributed by atoms with Gasteiger partial charge in [0.25, 0.3) is 6.29 Å². The number of benzene rings is 2. The number of oxime groups is 1. The lowest BCUT2D eigenvalue weighted by Gasteiger charge is -2.42. The molecule has 9 nitrogen and oxygen atoms in total. The summed E-state index contributed by atoms with van der Waals surface area (Å²) in [5, 5.41) is 8.49. The van der Waals surface area contributed by atoms with Crippen LogP contribution in [-0.2, 0) is 23.8 Å². The smallest absolute Gasteiger partial charge is 0.376 e. The first-order valence-corrected chi connectivity index (χ1v) is 12.4. The van der Waals surface area contributed by atoms with Gasteiger partial charge in [0.15, 0.2) is 11.9 Å². The molecule has 0 amide bonds. The van der Waals surface area contributed by atoms with Crippen LogP contribution in [0.1, 0.15) is 12.5 Å². The summed E-state index contributed by atoms with van der Waals surface area (Å²) in [5.41, 5.74) is -2.22. The van der Waals surface area contributed by atoms with Crippen molar-refractivity contribution in [2.24, 2.45) is 5.16 Å². The van der Waals surface area contributed by atoms with E-state index in [-0.39, 0.29) is 28.9 Å². The number of aromatic nitrogens is 3. The summed E-state index contributed by atoms with van der Waals surface area (Å²) in [4.78, 5) is 9.99. The molecule has 1 aliphatic rings. The van der Waals surface area contributed by atoms with Crippen molar-refractivity contribution in [2.75, 3.05) is 21.3 Å². The molecule has 1 aliphatic heterocycles. The van der Waals surface area contributed by atoms with Crippen LogP contribution in [0, 0.1) is 0 Å². The highest BCUT2D eigenvalue weighted by Gasteiger charge is 2.46. The first-order chi connectivity index (χ1) is 18.2. The zero-order valence-electron chi connectivity index (χ0n) is 21.0. The third kappa shape index (κ3) is 6.72. The lowest BCUT2D eigenvalue weighted by atomic mass is 9.99. The molecule has 0 bridgehead atoms. The highest BCUT2D eigenvalue weighted by Crippen LogP contribution is 2.37. The number of ether oxygens (including phenoxy) is 4. The van der Waals surface area contributed by atoms with Gasteiger partial charge in [0.05, 0.1) is 18.0 Å². The molecule has 13 heteroatoms. The van der Waals surface area contributed by atoms with Gasteiger partial charge in [-0.05, 0) is 48.5 Å². The summed E-state index contributed by atoms with van der Waals surface area (Å²) in [6.07, 6.45) is 0.728. The van der Waals surface area contributed by atoms with Gasteiger partial charge in [-0.15, -0.1) is 5.10 Å². The monoisotopic (exact) mass is 552 g/mol. The lowest BCUT2D eigenvalue weighted by molar-refractivity contribution is -0.305. The van der Waals surface area contributed by atoms with E-state index in [4.69, 9.17) is 23.8 Å². The van der Waals surface area contributed by atoms with E-state index in [1.807, 2.05) is 31.2 Å². The molecule has 1 saturated heterocycles. The molecule has 38 heavy (non-hydrogen) atoms. The SMILES string of the molecule is CO[C@@H]1[C@@H](OC)[C@H](C)O[C@@H](O/N=C/c2ccc(-c3ncn(-c4ccc(SC(F)(F)F)cc4)n3)cc2)[C@@H]1OC. The maximum absolute atomic E-state index is 12.5. The topological polar surface area (TPSA) is 89.2 Å². The number of alkyl halides is 3. The van der Waals surface area contributed by atoms with Gasteiger partial charge in [-0.25, -0.2) is 9.67 Å². The first kappa shape index (κ1) is 28.0. The first-order valence-electron chi connectivity index (χ1n) is 11.5. The normalized spacial score (nSPS) is 24.1. The number of rotatable bonds is 9. The molecule has 0 aliphatic carbocycles. The van der Waals surface area contributed by atoms with E-state index in [2.05, 4.69) is 15.2 Å². The minimum absolute atomic E-state index is 0.0998. The Balaban J connectivity index is 1.38. The Bertz CT molecular complexity index is 1210. The van der Waals surface area contributed by atoms with Crippen LogP contribution >= 0.6 is 11.8 Å². The Hall–Kier alpha value is -2.97. The van der Waals surface area contributed by atoms with Crippen LogP contribution in [0.25, 0.3) is 17.1 Å². The Morgan fingerprint density at radius 1 is 0.947 bits per heavy atom. The molecule has 4 rings (SSSR count). The largest absolute Gasteiger partial charge is 0.446 e. The predicted molar refractivity (Wildman–Crippen MR) is 134 cm³/mol. The Labute approximate surface area is 221 Å². The molecule has 1 aromatic heterocycles. The Morgan fingerprint density at radius 3 is 2.21 bits per heavy atom. The molecule has 1 fully saturated rings. The van der Waals surface area contributed by atoms with E-state index in [0.29, 0.717) is 11.5 Å². The molecule has 0 N–H and O–H groups in total. The van der Waals surface area contributed by atoms with Crippen molar-refractivity contribution in [3.8, 4) is 17.1 Å². The molecule has 5 atom stereocenters. The summed E-state index contributed by atoms with van der Waals surface area (Å²) in [6, 6.07) is 13.2. The average Bonchev–Trinajstić information content (AvgIpc) is 3.38. The molecular formula is C25H27F3N4O5S. The Kier molecular flexibility index (Phi) is 9.05. The maximum atomic E-state index is 12.5. The van der Waals surface area contributed by atoms with Gasteiger partial charge in [0, 0.05) is 31.8 Å². The van der Waals surface area contributed by atoms with Crippen LogP contribution in [0.15, 0.2) is 64.9 Å². The van der Waals surface area contributed by atoms with Crippen molar-refractivity contribution in [1.82, 2.24) is 14.8 Å². The van der Waals surface area contributed by atoms with E-state index in [9.17, 15) is 13.2 Å². The van der Waals surface area contributed by atoms with E-state index >= 15 is 0 Å². The van der Waals surface area contributed by atoms with Crippen molar-refractivity contribution in [2.45, 2.75) is 48.0 Å². The summed E-state index contributed by atoms with van der Waals surface area (Å²) in [7, 11) is 4.71. The van der Waals surface area contributed by atoms with Gasteiger partial charge in [-0.2, -0.15) is 13.2 Å². The van der Waals surface area contributed by atoms with Crippen LogP contribution in [0.3, 0.4) is 0 Å². The van der Waals surface area contributed by atoms with Crippen LogP contribution in [0.2, 0.25) is 0 Å². The second-order valence-electron chi connectivity index (χ2n) is 8.33. The molecule has 0 unspecified atom stereocenters. The number of hydrogen-bond donors (Lipinski definition) is 0. The summed E-state index contributed by atoms with van der Waals surface area (Å²) in [5.74, 6) is 0.462. The van der Waals surface area contributed by atoms with E-state index in [1.54, 1.807) is 39.7 Å². The number of hydrogen-bond acceptors (Lipinski definition) is 9. The highest BCUT2D eigenvalue weighted by atomic mass is 32.2. The van der Waals surface area contributed by atoms with Gasteiger partial charge in [0.2, 0.25) is 0 Å². The molecule has 2 heterocycles. The van der Waals surface area contributed by atoms with Crippen LogP contribution in [0.5, 0.6) is 0 Å². The number of thioether (sulfide) groups is 1. The fourth-order valence-corrected chi connectivity index (χ4v) is 4.63. The van der Waals surface area contributed by atoms with Crippen molar-refractivity contribution < 1.29 is 37.0 Å². The van der Waals surface area contributed by atoms with Crippen molar-refractivity contribution in [1.29, 1.82) is 0 Å². The molecule has 204 valence electrons. The zero-order chi connectivity index (χ0) is 27.3. The molecular weight excluding hydrogens is 525 g/mol. The van der Waals surface area contributed by atoms with Gasteiger partial charge >= 0.3 is 5.51 Å². The van der Waals surface area contributed by atoms with E-state index in [0.717, 1.165) is 11.1 Å². The lowest BCUT2D eigenvalue weighted by Crippen LogP contribution is -2.59. The van der Waals surface area contributed by atoms with Crippen molar-refractivity contribution in [3.63, 3.8) is 0 Å². The second kappa shape index (κ2) is 12.3. The minimum atomic E-state index is -4.33. The highest BCUT2D eigenvalue weighted by molar-refractivity contribution is 8.00. The molecule has 0 spiro atoms. The summed E-state index contributed by atoms with van der Waals surface area (Å²) < 4.78 is 61.5. The van der Waals surface area contributed by atoms with Gasteiger partial charge in [0.1, 0.15) is 18.5 Å². The molecule has 2 aromatic carbocycles. The molecule has 3 aromatic rings. The van der Waals surface area contributed by atoms with Crippen LogP contribution in [-0.4, -0.2) is 78.5 Å². The summed E-state index contributed by atoms with van der Waals surface area (Å²) >= 11 is -0.164. The fraction of sp³-hybridized carbons (Fsp3) is 0.400. The molecule has 0 saturated carbocycles. The zero-order valence-corrected chi connectivity index (χ0v) is 21.8. The van der Waals surface area contributed by atoms with Crippen LogP contribution in [0.4, 0.5) is 13.2 Å². The van der Waals surface area contributed by atoms with Crippen molar-refractivity contribution >= 4 is 18.0 Å². The number of halogens is 3. The van der Waals surface area contributed by atoms with Gasteiger partial charge in [-0.1, -0.05) is 29.4 Å². The fourth-order valence-electron chi connectivity index (χ4n) is 4.09. The summed E-state index contributed by atoms with van der Waals surface area (Å²) in [6.45, 7) is 1.86. The maximum Gasteiger partial charge on any atom is 0.446 e. The van der Waals surface area contributed by atoms with Crippen LogP contribution < -0.4 is 0 Å². The Morgan fingerprint density at radius 2 is 1.61 bits per heavy atom. The predicted octanol–water partition coefficient (Wildman–Crippen LogP) is 4.69. The van der Waals surface area contributed by atoms with Gasteiger partial charge < -0.3 is 23.8 Å². The van der Waals surface area contributed by atoms with E-state index < -0.39 is 24.0 Å². The minimum Gasteiger partial charge on any atom is -0.376 e. The van der Waals surface area contributed by atoms with E-state index in [1.165, 1.54) is 23.1 Å². The standard InChI is InChI=1S/C25H27F3N4O5S/c1-15-20(33-2)21(34-3)22(35-4)24(36-15)37-30-13-16-5-7-17(8-6-16)23-29-14-32(31-23)18-9-11-19(12-10-18)38-25(26,27)28/h5-15,20-22,24H,1-4H3/b30-13+/t15-,20-,21+,22+,24-/m0/s1.